The van der Waals surface area contributed by atoms with Gasteiger partial charge in [0.1, 0.15) is 0 Å². The monoisotopic (exact) mass is 312 g/mol. The minimum absolute atomic E-state index is 0.187. The summed E-state index contributed by atoms with van der Waals surface area (Å²) in [5.74, 6) is 0.886. The third-order valence-corrected chi connectivity index (χ3v) is 6.46. The van der Waals surface area contributed by atoms with E-state index in [1.165, 1.54) is 50.7 Å². The van der Waals surface area contributed by atoms with E-state index in [0.717, 1.165) is 11.8 Å². The molecule has 0 amide bonds. The Morgan fingerprint density at radius 1 is 1.04 bits per heavy atom. The van der Waals surface area contributed by atoms with Gasteiger partial charge in [-0.2, -0.15) is 0 Å². The molecule has 4 atom stereocenters. The van der Waals surface area contributed by atoms with Gasteiger partial charge in [-0.15, -0.1) is 0 Å². The van der Waals surface area contributed by atoms with Gasteiger partial charge in [0, 0.05) is 12.0 Å². The van der Waals surface area contributed by atoms with Crippen LogP contribution in [0.3, 0.4) is 0 Å². The lowest BCUT2D eigenvalue weighted by Crippen LogP contribution is -2.51. The molecule has 4 saturated carbocycles. The molecule has 1 N–H and O–H groups in total. The van der Waals surface area contributed by atoms with Crippen LogP contribution < -0.4 is 0 Å². The Balaban J connectivity index is 1.53. The fraction of sp³-hybridized carbons (Fsp3) is 0.600. The van der Waals surface area contributed by atoms with E-state index in [-0.39, 0.29) is 16.8 Å². The first kappa shape index (κ1) is 14.9. The lowest BCUT2D eigenvalue weighted by atomic mass is 9.44. The van der Waals surface area contributed by atoms with E-state index < -0.39 is 5.97 Å². The number of aromatic carboxylic acids is 1. The van der Waals surface area contributed by atoms with Gasteiger partial charge in [-0.25, -0.2) is 4.79 Å². The fourth-order valence-electron chi connectivity index (χ4n) is 6.38. The van der Waals surface area contributed by atoms with Crippen molar-refractivity contribution in [2.24, 2.45) is 22.7 Å². The molecular weight excluding hydrogens is 288 g/mol. The zero-order valence-electron chi connectivity index (χ0n) is 13.7. The summed E-state index contributed by atoms with van der Waals surface area (Å²) in [4.78, 5) is 23.7. The molecule has 0 saturated heterocycles. The van der Waals surface area contributed by atoms with Crippen molar-refractivity contribution in [3.63, 3.8) is 0 Å². The van der Waals surface area contributed by atoms with E-state index in [0.29, 0.717) is 17.4 Å². The van der Waals surface area contributed by atoms with E-state index in [4.69, 9.17) is 5.11 Å². The molecule has 4 fully saturated rings. The molecule has 3 nitrogen and oxygen atoms in total. The number of rotatable bonds is 4. The molecular formula is C20H24O3. The largest absolute Gasteiger partial charge is 0.478 e. The summed E-state index contributed by atoms with van der Waals surface area (Å²) in [6.07, 6.45) is 8.36. The minimum atomic E-state index is -0.946. The van der Waals surface area contributed by atoms with Crippen molar-refractivity contribution in [1.82, 2.24) is 0 Å². The number of carboxylic acid groups (broad SMARTS) is 1. The number of carbonyl (C=O) groups is 2. The van der Waals surface area contributed by atoms with Crippen molar-refractivity contribution in [2.75, 3.05) is 0 Å². The van der Waals surface area contributed by atoms with Gasteiger partial charge < -0.3 is 5.11 Å². The number of hydrogen-bond donors (Lipinski definition) is 1. The summed E-state index contributed by atoms with van der Waals surface area (Å²) < 4.78 is 0. The number of ketones is 1. The molecule has 1 aromatic rings. The Kier molecular flexibility index (Phi) is 3.20. The van der Waals surface area contributed by atoms with Gasteiger partial charge in [-0.05, 0) is 73.3 Å². The van der Waals surface area contributed by atoms with Crippen LogP contribution in [-0.4, -0.2) is 16.9 Å². The highest BCUT2D eigenvalue weighted by molar-refractivity contribution is 5.97. The maximum Gasteiger partial charge on any atom is 0.335 e. The Hall–Kier alpha value is -1.64. The lowest BCUT2D eigenvalue weighted by Gasteiger charge is -2.61. The molecule has 3 heteroatoms. The van der Waals surface area contributed by atoms with Crippen LogP contribution in [0.2, 0.25) is 0 Å². The number of carboxylic acids is 1. The van der Waals surface area contributed by atoms with Crippen molar-refractivity contribution in [2.45, 2.75) is 51.9 Å². The molecule has 4 aliphatic rings. The zero-order valence-corrected chi connectivity index (χ0v) is 13.7. The highest BCUT2D eigenvalue weighted by Crippen LogP contribution is 2.66. The number of Topliss-reactive ketones (excluding diaryl/α,β-unsaturated/α-hetero) is 1. The van der Waals surface area contributed by atoms with Crippen molar-refractivity contribution < 1.29 is 14.7 Å². The van der Waals surface area contributed by atoms with Gasteiger partial charge in [0.2, 0.25) is 0 Å². The summed E-state index contributed by atoms with van der Waals surface area (Å²) in [5, 5.41) is 8.97. The smallest absolute Gasteiger partial charge is 0.335 e. The first-order valence-electron chi connectivity index (χ1n) is 8.73. The summed E-state index contributed by atoms with van der Waals surface area (Å²) in [6, 6.07) is 6.43. The maximum atomic E-state index is 12.8. The van der Waals surface area contributed by atoms with Crippen molar-refractivity contribution in [1.29, 1.82) is 0 Å². The van der Waals surface area contributed by atoms with Gasteiger partial charge >= 0.3 is 5.97 Å². The number of carbonyl (C=O) groups excluding carboxylic acids is 1. The van der Waals surface area contributed by atoms with E-state index in [9.17, 15) is 9.59 Å². The van der Waals surface area contributed by atoms with E-state index in [1.807, 2.05) is 0 Å². The normalized spacial score (nSPS) is 37.8. The van der Waals surface area contributed by atoms with Crippen molar-refractivity contribution >= 4 is 11.8 Å². The Morgan fingerprint density at radius 2 is 1.61 bits per heavy atom. The highest BCUT2D eigenvalue weighted by atomic mass is 16.4. The maximum absolute atomic E-state index is 12.8. The molecule has 2 unspecified atom stereocenters. The molecule has 5 rings (SSSR count). The van der Waals surface area contributed by atoms with Gasteiger partial charge in [0.05, 0.1) is 5.56 Å². The van der Waals surface area contributed by atoms with Crippen molar-refractivity contribution in [3.8, 4) is 0 Å². The molecule has 1 aromatic carbocycles. The predicted molar refractivity (Wildman–Crippen MR) is 87.6 cm³/mol. The predicted octanol–water partition coefficient (Wildman–Crippen LogP) is 4.56. The third-order valence-electron chi connectivity index (χ3n) is 6.46. The summed E-state index contributed by atoms with van der Waals surface area (Å²) in [6.45, 7) is 2.42. The second kappa shape index (κ2) is 4.93. The zero-order chi connectivity index (χ0) is 16.2. The summed E-state index contributed by atoms with van der Waals surface area (Å²) >= 11 is 0. The second-order valence-corrected chi connectivity index (χ2v) is 8.75. The quantitative estimate of drug-likeness (QED) is 0.829. The third kappa shape index (κ3) is 2.60. The first-order valence-corrected chi connectivity index (χ1v) is 8.73. The van der Waals surface area contributed by atoms with Crippen LogP contribution in [-0.2, 0) is 0 Å². The topological polar surface area (TPSA) is 54.4 Å². The van der Waals surface area contributed by atoms with Gasteiger partial charge in [-0.1, -0.05) is 19.1 Å². The molecule has 4 aliphatic carbocycles. The van der Waals surface area contributed by atoms with E-state index in [1.54, 1.807) is 12.1 Å². The molecule has 0 aromatic heterocycles. The van der Waals surface area contributed by atoms with Crippen LogP contribution in [0.5, 0.6) is 0 Å². The molecule has 0 spiro atoms. The summed E-state index contributed by atoms with van der Waals surface area (Å²) in [5.41, 5.74) is 1.57. The Morgan fingerprint density at radius 3 is 2.13 bits per heavy atom. The van der Waals surface area contributed by atoms with E-state index >= 15 is 0 Å². The molecule has 0 radical (unpaired) electrons. The van der Waals surface area contributed by atoms with Crippen LogP contribution in [0.25, 0.3) is 0 Å². The van der Waals surface area contributed by atoms with Crippen LogP contribution in [0, 0.1) is 22.7 Å². The molecule has 122 valence electrons. The number of hydrogen-bond acceptors (Lipinski definition) is 2. The molecule has 23 heavy (non-hydrogen) atoms. The summed E-state index contributed by atoms with van der Waals surface area (Å²) in [7, 11) is 0. The Bertz CT molecular complexity index is 644. The average molecular weight is 312 g/mol. The average Bonchev–Trinajstić information content (AvgIpc) is 2.44. The van der Waals surface area contributed by atoms with E-state index in [2.05, 4.69) is 6.92 Å². The Labute approximate surface area is 137 Å². The molecule has 4 bridgehead atoms. The molecule has 0 heterocycles. The molecule has 0 aliphatic heterocycles. The fourth-order valence-corrected chi connectivity index (χ4v) is 6.38. The van der Waals surface area contributed by atoms with Gasteiger partial charge in [-0.3, -0.25) is 4.79 Å². The lowest BCUT2D eigenvalue weighted by molar-refractivity contribution is -0.100. The van der Waals surface area contributed by atoms with Crippen LogP contribution >= 0.6 is 0 Å². The first-order chi connectivity index (χ1) is 10.9. The minimum Gasteiger partial charge on any atom is -0.478 e. The van der Waals surface area contributed by atoms with Crippen molar-refractivity contribution in [3.05, 3.63) is 35.4 Å². The van der Waals surface area contributed by atoms with Crippen LogP contribution in [0.4, 0.5) is 0 Å². The van der Waals surface area contributed by atoms with Gasteiger partial charge in [0.25, 0.3) is 0 Å². The highest BCUT2D eigenvalue weighted by Gasteiger charge is 2.56. The number of benzene rings is 1. The SMILES string of the molecule is CC12C[C@H]3C[C@@H](C1)CC(CC(=O)c1ccc(C(=O)O)cc1)(C3)C2. The van der Waals surface area contributed by atoms with Gasteiger partial charge in [0.15, 0.2) is 5.78 Å². The van der Waals surface area contributed by atoms with Crippen LogP contribution in [0.1, 0.15) is 72.6 Å². The standard InChI is InChI=1S/C20H24O3/c1-19-7-13-6-14(8-19)10-20(9-13,12-19)11-17(21)15-2-4-16(5-3-15)18(22)23/h2-5,13-14H,6-12H2,1H3,(H,22,23)/t13-,14+,19?,20?. The second-order valence-electron chi connectivity index (χ2n) is 8.75. The van der Waals surface area contributed by atoms with Crippen LogP contribution in [0.15, 0.2) is 24.3 Å².